The third-order valence-electron chi connectivity index (χ3n) is 3.78. The SMILES string of the molecule is [2H]c1c([2H])c(OC([2H])([2H])C(O)CCCCc2c([2H])c([2H])c(OC([2H])([2H])[2H])c(OC)c2[2H])c([2H])c(C)c1C. The van der Waals surface area contributed by atoms with Gasteiger partial charge in [0.15, 0.2) is 11.5 Å². The molecule has 1 unspecified atom stereocenters. The van der Waals surface area contributed by atoms with Crippen molar-refractivity contribution < 1.29 is 34.4 Å². The molecule has 2 aromatic rings. The van der Waals surface area contributed by atoms with Gasteiger partial charge in [0, 0.05) is 0 Å². The Morgan fingerprint density at radius 2 is 1.92 bits per heavy atom. The normalized spacial score (nSPS) is 19.0. The van der Waals surface area contributed by atoms with Crippen LogP contribution in [0.1, 0.15) is 51.0 Å². The van der Waals surface area contributed by atoms with Gasteiger partial charge in [-0.05, 0) is 74.0 Å². The van der Waals surface area contributed by atoms with E-state index in [9.17, 15) is 5.11 Å². The molecule has 0 aromatic heterocycles. The molecule has 0 bridgehead atoms. The molecule has 0 saturated carbocycles. The first-order valence-corrected chi connectivity index (χ1v) is 8.24. The van der Waals surface area contributed by atoms with Crippen molar-refractivity contribution in [2.24, 2.45) is 0 Å². The molecule has 2 rings (SSSR count). The summed E-state index contributed by atoms with van der Waals surface area (Å²) in [6.45, 7) is 0.486. The van der Waals surface area contributed by atoms with Gasteiger partial charge in [0.2, 0.25) is 0 Å². The summed E-state index contributed by atoms with van der Waals surface area (Å²) < 4.78 is 102. The predicted molar refractivity (Wildman–Crippen MR) is 105 cm³/mol. The molecule has 4 nitrogen and oxygen atoms in total. The van der Waals surface area contributed by atoms with Crippen molar-refractivity contribution in [3.05, 3.63) is 52.9 Å². The lowest BCUT2D eigenvalue weighted by Crippen LogP contribution is -2.17. The van der Waals surface area contributed by atoms with Crippen molar-refractivity contribution >= 4 is 0 Å². The molecular weight excluding hydrogens is 328 g/mol. The van der Waals surface area contributed by atoms with Crippen LogP contribution in [0.4, 0.5) is 0 Å². The average Bonchev–Trinajstić information content (AvgIpc) is 2.81. The molecule has 0 saturated heterocycles. The fraction of sp³-hybridized carbons (Fsp3) is 0.455. The molecule has 4 heteroatoms. The van der Waals surface area contributed by atoms with E-state index in [1.807, 2.05) is 0 Å². The van der Waals surface area contributed by atoms with Crippen LogP contribution in [0.2, 0.25) is 0 Å². The maximum Gasteiger partial charge on any atom is 0.160 e. The van der Waals surface area contributed by atoms with E-state index >= 15 is 0 Å². The minimum atomic E-state index is -2.90. The summed E-state index contributed by atoms with van der Waals surface area (Å²) in [5.74, 6) is -1.23. The van der Waals surface area contributed by atoms with Gasteiger partial charge in [0.1, 0.15) is 12.3 Å². The second kappa shape index (κ2) is 10.1. The zero-order valence-electron chi connectivity index (χ0n) is 26.1. The van der Waals surface area contributed by atoms with Crippen LogP contribution >= 0.6 is 0 Å². The fourth-order valence-corrected chi connectivity index (χ4v) is 2.17. The number of unbranched alkanes of at least 4 members (excludes halogenated alkanes) is 1. The van der Waals surface area contributed by atoms with Gasteiger partial charge in [-0.3, -0.25) is 0 Å². The Balaban J connectivity index is 2.13. The maximum atomic E-state index is 10.4. The number of aliphatic hydroxyl groups is 1. The lowest BCUT2D eigenvalue weighted by molar-refractivity contribution is 0.0976. The second-order valence-corrected chi connectivity index (χ2v) is 5.75. The van der Waals surface area contributed by atoms with E-state index in [4.69, 9.17) is 29.3 Å². The molecule has 2 aromatic carbocycles. The van der Waals surface area contributed by atoms with Crippen LogP contribution < -0.4 is 14.2 Å². The lowest BCUT2D eigenvalue weighted by atomic mass is 10.0. The molecule has 1 N–H and O–H groups in total. The molecule has 0 aliphatic heterocycles. The lowest BCUT2D eigenvalue weighted by Gasteiger charge is -2.13. The first-order chi connectivity index (χ1) is 16.9. The highest BCUT2D eigenvalue weighted by Gasteiger charge is 2.07. The summed E-state index contributed by atoms with van der Waals surface area (Å²) in [6.07, 6.45) is -1.15. The Morgan fingerprint density at radius 1 is 1.08 bits per heavy atom. The van der Waals surface area contributed by atoms with Gasteiger partial charge >= 0.3 is 0 Å². The molecule has 0 aliphatic rings. The number of aliphatic hydroxyl groups excluding tert-OH is 1. The quantitative estimate of drug-likeness (QED) is 0.628. The van der Waals surface area contributed by atoms with E-state index in [0.717, 1.165) is 0 Å². The van der Waals surface area contributed by atoms with Crippen molar-refractivity contribution in [2.45, 2.75) is 45.6 Å². The van der Waals surface area contributed by atoms with E-state index < -0.39 is 49.3 Å². The number of ether oxygens (including phenoxy) is 3. The first-order valence-electron chi connectivity index (χ1n) is 13.7. The largest absolute Gasteiger partial charge is 0.493 e. The molecule has 1 atom stereocenters. The van der Waals surface area contributed by atoms with Crippen molar-refractivity contribution in [1.82, 2.24) is 0 Å². The summed E-state index contributed by atoms with van der Waals surface area (Å²) in [5.41, 5.74) is 0.902. The van der Waals surface area contributed by atoms with Gasteiger partial charge in [0.25, 0.3) is 0 Å². The summed E-state index contributed by atoms with van der Waals surface area (Å²) >= 11 is 0. The monoisotopic (exact) mass is 369 g/mol. The van der Waals surface area contributed by atoms with Crippen molar-refractivity contribution in [3.63, 3.8) is 0 Å². The standard InChI is InChI=1S/C22H30O4/c1-16-9-11-20(13-17(16)2)26-15-19(23)8-6-5-7-18-10-12-21(24-3)22(14-18)25-4/h9-14,19,23H,5-8,15H2,1-4H3/i3D3,9D,10D,11D,12D,13D,14D,15D2. The van der Waals surface area contributed by atoms with Crippen LogP contribution in [0, 0.1) is 13.8 Å². The molecular formula is C22H30O4. The summed E-state index contributed by atoms with van der Waals surface area (Å²) in [5, 5.41) is 10.4. The molecule has 0 aliphatic carbocycles. The molecule has 0 amide bonds. The van der Waals surface area contributed by atoms with Crippen LogP contribution in [-0.4, -0.2) is 31.9 Å². The fourth-order valence-electron chi connectivity index (χ4n) is 2.17. The van der Waals surface area contributed by atoms with Gasteiger partial charge in [-0.1, -0.05) is 18.5 Å². The number of hydrogen-bond donors (Lipinski definition) is 1. The molecule has 0 fully saturated rings. The smallest absolute Gasteiger partial charge is 0.160 e. The third-order valence-corrected chi connectivity index (χ3v) is 3.78. The van der Waals surface area contributed by atoms with Crippen LogP contribution in [0.5, 0.6) is 17.2 Å². The van der Waals surface area contributed by atoms with E-state index in [0.29, 0.717) is 11.1 Å². The topological polar surface area (TPSA) is 47.9 Å². The zero-order chi connectivity index (χ0) is 28.5. The zero-order valence-corrected chi connectivity index (χ0v) is 15.1. The maximum absolute atomic E-state index is 10.4. The van der Waals surface area contributed by atoms with Crippen molar-refractivity contribution in [2.75, 3.05) is 20.7 Å². The minimum absolute atomic E-state index is 0.0949. The summed E-state index contributed by atoms with van der Waals surface area (Å²) in [6, 6.07) is -2.09. The van der Waals surface area contributed by atoms with Crippen LogP contribution in [0.3, 0.4) is 0 Å². The van der Waals surface area contributed by atoms with Crippen LogP contribution in [-0.2, 0) is 6.42 Å². The van der Waals surface area contributed by atoms with E-state index in [-0.39, 0.29) is 55.1 Å². The highest BCUT2D eigenvalue weighted by atomic mass is 16.5. The van der Waals surface area contributed by atoms with Gasteiger partial charge in [0.05, 0.1) is 35.3 Å². The highest BCUT2D eigenvalue weighted by molar-refractivity contribution is 5.42. The first kappa shape index (κ1) is 9.65. The van der Waals surface area contributed by atoms with Crippen LogP contribution in [0.25, 0.3) is 0 Å². The van der Waals surface area contributed by atoms with E-state index in [1.54, 1.807) is 13.8 Å². The summed E-state index contributed by atoms with van der Waals surface area (Å²) in [4.78, 5) is 0. The van der Waals surface area contributed by atoms with Crippen molar-refractivity contribution in [1.29, 1.82) is 0 Å². The molecule has 0 spiro atoms. The highest BCUT2D eigenvalue weighted by Crippen LogP contribution is 2.28. The number of rotatable bonds is 10. The van der Waals surface area contributed by atoms with Gasteiger partial charge in [-0.25, -0.2) is 0 Å². The Labute approximate surface area is 172 Å². The average molecular weight is 370 g/mol. The Morgan fingerprint density at radius 3 is 2.69 bits per heavy atom. The van der Waals surface area contributed by atoms with Crippen LogP contribution in [0.15, 0.2) is 36.3 Å². The molecule has 26 heavy (non-hydrogen) atoms. The third kappa shape index (κ3) is 5.95. The predicted octanol–water partition coefficient (Wildman–Crippen LogP) is 4.47. The molecule has 0 heterocycles. The van der Waals surface area contributed by atoms with Gasteiger partial charge in [-0.2, -0.15) is 0 Å². The second-order valence-electron chi connectivity index (χ2n) is 5.75. The van der Waals surface area contributed by atoms with Gasteiger partial charge < -0.3 is 19.3 Å². The Kier molecular flexibility index (Phi) is 3.74. The Hall–Kier alpha value is -2.20. The molecule has 0 radical (unpaired) electrons. The number of methoxy groups -OCH3 is 2. The van der Waals surface area contributed by atoms with Gasteiger partial charge in [-0.15, -0.1) is 0 Å². The Bertz CT molecular complexity index is 1120. The number of hydrogen-bond acceptors (Lipinski definition) is 4. The summed E-state index contributed by atoms with van der Waals surface area (Å²) in [7, 11) is -1.71. The molecule has 142 valence electrons. The van der Waals surface area contributed by atoms with E-state index in [1.165, 1.54) is 7.11 Å². The van der Waals surface area contributed by atoms with E-state index in [2.05, 4.69) is 0 Å². The minimum Gasteiger partial charge on any atom is -0.493 e. The number of benzene rings is 2. The van der Waals surface area contributed by atoms with Crippen molar-refractivity contribution in [3.8, 4) is 17.2 Å².